The van der Waals surface area contributed by atoms with Crippen molar-refractivity contribution in [1.82, 2.24) is 0 Å². The number of hydrogen-bond donors (Lipinski definition) is 14. The monoisotopic (exact) mass is 999 g/mol. The van der Waals surface area contributed by atoms with Crippen LogP contribution in [0, 0.1) is 17.3 Å². The smallest absolute Gasteiger partial charge is 0.187 e. The summed E-state index contributed by atoms with van der Waals surface area (Å²) in [5.41, 5.74) is -0.881. The van der Waals surface area contributed by atoms with E-state index in [1.54, 1.807) is 0 Å². The Hall–Kier alpha value is -1.14. The molecule has 0 amide bonds. The molecule has 0 aromatic rings. The number of hydrogen-bond acceptors (Lipinski definition) is 22. The highest BCUT2D eigenvalue weighted by Gasteiger charge is 2.53. The Kier molecular flexibility index (Phi) is 22.7. The molecule has 4 heterocycles. The van der Waals surface area contributed by atoms with Crippen LogP contribution in [0.3, 0.4) is 0 Å². The van der Waals surface area contributed by atoms with Gasteiger partial charge >= 0.3 is 0 Å². The molecule has 0 spiro atoms. The van der Waals surface area contributed by atoms with E-state index >= 15 is 0 Å². The van der Waals surface area contributed by atoms with Gasteiger partial charge in [0.15, 0.2) is 25.2 Å². The number of rotatable bonds is 24. The van der Waals surface area contributed by atoms with Gasteiger partial charge in [0.2, 0.25) is 0 Å². The van der Waals surface area contributed by atoms with Gasteiger partial charge in [0.05, 0.1) is 39.6 Å². The Labute approximate surface area is 403 Å². The van der Waals surface area contributed by atoms with Crippen molar-refractivity contribution in [3.05, 3.63) is 12.2 Å². The molecule has 402 valence electrons. The number of ether oxygens (including phenoxy) is 8. The third kappa shape index (κ3) is 14.6. The second kappa shape index (κ2) is 27.4. The quantitative estimate of drug-likeness (QED) is 0.0346. The lowest BCUT2D eigenvalue weighted by Crippen LogP contribution is -2.65. The lowest BCUT2D eigenvalue weighted by atomic mass is 9.77. The molecule has 69 heavy (non-hydrogen) atoms. The molecule has 4 saturated heterocycles. The van der Waals surface area contributed by atoms with Crippen LogP contribution in [0.1, 0.15) is 103 Å². The fraction of sp³-hybridized carbons (Fsp3) is 0.957. The van der Waals surface area contributed by atoms with Crippen molar-refractivity contribution in [3.63, 3.8) is 0 Å². The number of allylic oxidation sites excluding steroid dienone is 2. The van der Waals surface area contributed by atoms with Crippen LogP contribution in [0.2, 0.25) is 0 Å². The SMILES string of the molecule is OC[C@H]1O[C@H](O[C@H]2[C@H](O)[C@@H](O)[C@H](OCC(CCCCC3CCCCC3)(CCCC[C@H]3C=CCCC3)CO[C@@H]3O[C@H](CO)[C@@H](O[C@H]4O[C@H](CO)[C@@H](O)[C@H](O)[C@H]4O)[C@H](O)[C@H]3O)O[C@@H]2CO)[C@H](O)[C@@H](O)[C@@H]1O. The first-order valence-corrected chi connectivity index (χ1v) is 25.2. The predicted octanol–water partition coefficient (Wildman–Crippen LogP) is -2.69. The fourth-order valence-electron chi connectivity index (χ4n) is 10.8. The zero-order valence-corrected chi connectivity index (χ0v) is 39.4. The Bertz CT molecular complexity index is 1410. The lowest BCUT2D eigenvalue weighted by Gasteiger charge is -2.47. The first-order valence-electron chi connectivity index (χ1n) is 25.2. The summed E-state index contributed by atoms with van der Waals surface area (Å²) < 4.78 is 47.2. The topological polar surface area (TPSA) is 357 Å². The number of unbranched alkanes of at least 4 members (excludes halogenated alkanes) is 2. The van der Waals surface area contributed by atoms with E-state index in [1.165, 1.54) is 32.1 Å². The molecular formula is C47H82O22. The molecular weight excluding hydrogens is 916 g/mol. The van der Waals surface area contributed by atoms with Crippen LogP contribution < -0.4 is 0 Å². The van der Waals surface area contributed by atoms with Gasteiger partial charge in [-0.05, 0) is 50.4 Å². The summed E-state index contributed by atoms with van der Waals surface area (Å²) in [5.74, 6) is 1.06. The predicted molar refractivity (Wildman–Crippen MR) is 237 cm³/mol. The molecule has 0 radical (unpaired) electrons. The highest BCUT2D eigenvalue weighted by molar-refractivity contribution is 4.97. The second-order valence-corrected chi connectivity index (χ2v) is 20.2. The van der Waals surface area contributed by atoms with Crippen molar-refractivity contribution in [2.24, 2.45) is 17.3 Å². The first-order chi connectivity index (χ1) is 33.1. The summed E-state index contributed by atoms with van der Waals surface area (Å²) in [7, 11) is 0. The normalized spacial score (nSPS) is 43.4. The minimum absolute atomic E-state index is 0.137. The minimum Gasteiger partial charge on any atom is -0.394 e. The molecule has 2 aliphatic carbocycles. The molecule has 14 N–H and O–H groups in total. The molecule has 1 saturated carbocycles. The number of aliphatic hydroxyl groups excluding tert-OH is 14. The van der Waals surface area contributed by atoms with Gasteiger partial charge in [0.1, 0.15) is 97.7 Å². The molecule has 6 aliphatic rings. The molecule has 4 aliphatic heterocycles. The molecule has 5 fully saturated rings. The number of aliphatic hydroxyl groups is 14. The van der Waals surface area contributed by atoms with E-state index < -0.39 is 155 Å². The van der Waals surface area contributed by atoms with Crippen molar-refractivity contribution >= 4 is 0 Å². The van der Waals surface area contributed by atoms with Gasteiger partial charge in [-0.2, -0.15) is 0 Å². The van der Waals surface area contributed by atoms with E-state index in [1.807, 2.05) is 0 Å². The van der Waals surface area contributed by atoms with Crippen LogP contribution in [-0.2, 0) is 37.9 Å². The zero-order chi connectivity index (χ0) is 49.8. The van der Waals surface area contributed by atoms with Crippen LogP contribution in [0.25, 0.3) is 0 Å². The third-order valence-electron chi connectivity index (χ3n) is 15.2. The highest BCUT2D eigenvalue weighted by atomic mass is 16.8. The van der Waals surface area contributed by atoms with Crippen molar-refractivity contribution < 1.29 is 109 Å². The molecule has 0 aromatic carbocycles. The van der Waals surface area contributed by atoms with Crippen LogP contribution >= 0.6 is 0 Å². The minimum atomic E-state index is -1.84. The molecule has 21 atom stereocenters. The molecule has 22 heteroatoms. The molecule has 0 aromatic heterocycles. The van der Waals surface area contributed by atoms with E-state index in [4.69, 9.17) is 37.9 Å². The van der Waals surface area contributed by atoms with Crippen LogP contribution in [0.5, 0.6) is 0 Å². The molecule has 0 bridgehead atoms. The average molecular weight is 999 g/mol. The lowest BCUT2D eigenvalue weighted by molar-refractivity contribution is -0.365. The summed E-state index contributed by atoms with van der Waals surface area (Å²) in [6.45, 7) is -3.28. The summed E-state index contributed by atoms with van der Waals surface area (Å²) in [4.78, 5) is 0. The Morgan fingerprint density at radius 3 is 1.30 bits per heavy atom. The largest absolute Gasteiger partial charge is 0.394 e. The van der Waals surface area contributed by atoms with E-state index in [9.17, 15) is 71.5 Å². The van der Waals surface area contributed by atoms with Crippen molar-refractivity contribution in [2.45, 2.75) is 226 Å². The van der Waals surface area contributed by atoms with Crippen molar-refractivity contribution in [1.29, 1.82) is 0 Å². The first kappa shape index (κ1) is 57.1. The maximum atomic E-state index is 11.5. The van der Waals surface area contributed by atoms with Crippen molar-refractivity contribution in [2.75, 3.05) is 39.6 Å². The Morgan fingerprint density at radius 1 is 0.435 bits per heavy atom. The zero-order valence-electron chi connectivity index (χ0n) is 39.4. The van der Waals surface area contributed by atoms with Gasteiger partial charge in [-0.1, -0.05) is 76.4 Å². The highest BCUT2D eigenvalue weighted by Crippen LogP contribution is 2.39. The third-order valence-corrected chi connectivity index (χ3v) is 15.2. The van der Waals surface area contributed by atoms with E-state index in [2.05, 4.69) is 12.2 Å². The second-order valence-electron chi connectivity index (χ2n) is 20.2. The summed E-state index contributed by atoms with van der Waals surface area (Å²) in [6.07, 6.45) is -12.9. The molecule has 6 rings (SSSR count). The van der Waals surface area contributed by atoms with Gasteiger partial charge in [-0.15, -0.1) is 0 Å². The van der Waals surface area contributed by atoms with E-state index in [0.717, 1.165) is 57.8 Å². The average Bonchev–Trinajstić information content (AvgIpc) is 3.37. The maximum absolute atomic E-state index is 11.5. The van der Waals surface area contributed by atoms with Gasteiger partial charge in [-0.25, -0.2) is 0 Å². The standard InChI is InChI=1S/C47H82O22/c48-19-27-31(52)33(54)37(58)45(64-27)68-41-29(21-50)66-43(39(60)35(41)56)62-23-47(17-9-7-15-25-11-3-1-4-12-25,18-10-8-16-26-13-5-2-6-14-26)24-63-44-40(61)36(57)42(30(22-51)67-44)69-46-38(59)34(55)32(53)28(20-49)65-46/h3,11,25-46,48-61H,1-2,4-10,12-24H2/t25-,27+,28+,29+,30+,31+,32+,33-,34-,35+,36+,37+,38+,39+,40+,41+,42+,43+,44+,45+,46+/m0/s1. The van der Waals surface area contributed by atoms with Gasteiger partial charge in [0.25, 0.3) is 0 Å². The Balaban J connectivity index is 1.19. The van der Waals surface area contributed by atoms with Gasteiger partial charge in [0, 0.05) is 5.41 Å². The Morgan fingerprint density at radius 2 is 0.870 bits per heavy atom. The molecule has 22 nitrogen and oxygen atoms in total. The van der Waals surface area contributed by atoms with Crippen LogP contribution in [0.4, 0.5) is 0 Å². The summed E-state index contributed by atoms with van der Waals surface area (Å²) in [6, 6.07) is 0. The fourth-order valence-corrected chi connectivity index (χ4v) is 10.8. The van der Waals surface area contributed by atoms with Crippen molar-refractivity contribution in [3.8, 4) is 0 Å². The summed E-state index contributed by atoms with van der Waals surface area (Å²) in [5, 5.41) is 148. The van der Waals surface area contributed by atoms with Gasteiger partial charge < -0.3 is 109 Å². The van der Waals surface area contributed by atoms with E-state index in [0.29, 0.717) is 24.7 Å². The van der Waals surface area contributed by atoms with Gasteiger partial charge in [-0.3, -0.25) is 0 Å². The van der Waals surface area contributed by atoms with E-state index in [-0.39, 0.29) is 13.2 Å². The van der Waals surface area contributed by atoms with Crippen LogP contribution in [-0.4, -0.2) is 234 Å². The van der Waals surface area contributed by atoms with Crippen LogP contribution in [0.15, 0.2) is 12.2 Å². The molecule has 0 unspecified atom stereocenters. The maximum Gasteiger partial charge on any atom is 0.187 e. The summed E-state index contributed by atoms with van der Waals surface area (Å²) >= 11 is 0.